The lowest BCUT2D eigenvalue weighted by Gasteiger charge is -2.07. The van der Waals surface area contributed by atoms with E-state index in [2.05, 4.69) is 10.5 Å². The number of carbonyl (C=O) groups is 2. The molecule has 0 unspecified atom stereocenters. The van der Waals surface area contributed by atoms with Crippen molar-refractivity contribution in [1.29, 1.82) is 0 Å². The van der Waals surface area contributed by atoms with Gasteiger partial charge in [-0.3, -0.25) is 4.79 Å². The van der Waals surface area contributed by atoms with Gasteiger partial charge in [-0.25, -0.2) is 10.2 Å². The number of aryl methyl sites for hydroxylation is 2. The molecule has 1 N–H and O–H groups in total. The molecule has 0 atom stereocenters. The third-order valence-electron chi connectivity index (χ3n) is 4.88. The lowest BCUT2D eigenvalue weighted by atomic mass is 10.1. The number of benzene rings is 3. The molecule has 3 aromatic carbocycles. The first-order chi connectivity index (χ1) is 16.4. The van der Waals surface area contributed by atoms with Crippen LogP contribution < -0.4 is 19.6 Å². The van der Waals surface area contributed by atoms with E-state index in [1.807, 2.05) is 56.3 Å². The fourth-order valence-corrected chi connectivity index (χ4v) is 2.82. The lowest BCUT2D eigenvalue weighted by Crippen LogP contribution is -2.24. The van der Waals surface area contributed by atoms with Crippen LogP contribution in [-0.2, 0) is 9.59 Å². The molecule has 34 heavy (non-hydrogen) atoms. The second kappa shape index (κ2) is 12.0. The Bertz CT molecular complexity index is 1180. The summed E-state index contributed by atoms with van der Waals surface area (Å²) in [5.74, 6) is 0.907. The highest BCUT2D eigenvalue weighted by molar-refractivity contribution is 5.89. The number of methoxy groups -OCH3 is 1. The molecule has 0 aliphatic carbocycles. The van der Waals surface area contributed by atoms with E-state index in [-0.39, 0.29) is 12.5 Å². The van der Waals surface area contributed by atoms with Gasteiger partial charge in [-0.2, -0.15) is 5.10 Å². The van der Waals surface area contributed by atoms with E-state index >= 15 is 0 Å². The Labute approximate surface area is 198 Å². The molecule has 0 radical (unpaired) electrons. The molecule has 0 saturated heterocycles. The maximum absolute atomic E-state index is 12.0. The minimum absolute atomic E-state index is 0.140. The lowest BCUT2D eigenvalue weighted by molar-refractivity contribution is -0.129. The number of carbonyl (C=O) groups excluding carboxylic acids is 2. The highest BCUT2D eigenvalue weighted by Gasteiger charge is 2.03. The standard InChI is InChI=1S/C27H26N2O5/c1-19-4-10-25(16-20(19)2)33-18-26(30)29-28-17-22-7-13-24(14-8-22)34-27(31)15-9-21-5-11-23(32-3)12-6-21/h4-17H,18H2,1-3H3,(H,29,30)/b15-9+,28-17+. The summed E-state index contributed by atoms with van der Waals surface area (Å²) in [4.78, 5) is 23.9. The van der Waals surface area contributed by atoms with Crippen molar-refractivity contribution in [2.24, 2.45) is 5.10 Å². The maximum Gasteiger partial charge on any atom is 0.336 e. The minimum atomic E-state index is -0.492. The fraction of sp³-hybridized carbons (Fsp3) is 0.148. The normalized spacial score (nSPS) is 10.9. The van der Waals surface area contributed by atoms with Gasteiger partial charge in [-0.15, -0.1) is 0 Å². The first-order valence-corrected chi connectivity index (χ1v) is 10.6. The molecule has 0 spiro atoms. The van der Waals surface area contributed by atoms with Crippen molar-refractivity contribution in [1.82, 2.24) is 5.43 Å². The molecule has 0 saturated carbocycles. The summed E-state index contributed by atoms with van der Waals surface area (Å²) in [6.45, 7) is 3.86. The summed E-state index contributed by atoms with van der Waals surface area (Å²) in [6, 6.07) is 19.7. The minimum Gasteiger partial charge on any atom is -0.497 e. The van der Waals surface area contributed by atoms with E-state index < -0.39 is 5.97 Å². The molecular weight excluding hydrogens is 432 g/mol. The smallest absolute Gasteiger partial charge is 0.336 e. The second-order valence-corrected chi connectivity index (χ2v) is 7.42. The molecule has 0 aliphatic rings. The highest BCUT2D eigenvalue weighted by atomic mass is 16.5. The number of nitrogens with zero attached hydrogens (tertiary/aromatic N) is 1. The van der Waals surface area contributed by atoms with Crippen LogP contribution in [0.4, 0.5) is 0 Å². The molecule has 0 aromatic heterocycles. The predicted octanol–water partition coefficient (Wildman–Crippen LogP) is 4.46. The largest absolute Gasteiger partial charge is 0.497 e. The van der Waals surface area contributed by atoms with Gasteiger partial charge >= 0.3 is 5.97 Å². The fourth-order valence-electron chi connectivity index (χ4n) is 2.82. The van der Waals surface area contributed by atoms with Gasteiger partial charge in [0, 0.05) is 6.08 Å². The summed E-state index contributed by atoms with van der Waals surface area (Å²) < 4.78 is 15.9. The van der Waals surface area contributed by atoms with Crippen LogP contribution in [0.15, 0.2) is 77.9 Å². The second-order valence-electron chi connectivity index (χ2n) is 7.42. The summed E-state index contributed by atoms with van der Waals surface area (Å²) in [7, 11) is 1.60. The number of amides is 1. The zero-order chi connectivity index (χ0) is 24.3. The van der Waals surface area contributed by atoms with Gasteiger partial charge in [-0.05, 0) is 90.7 Å². The quantitative estimate of drug-likeness (QED) is 0.168. The molecule has 0 fully saturated rings. The Morgan fingerprint density at radius 2 is 1.50 bits per heavy atom. The van der Waals surface area contributed by atoms with Crippen LogP contribution in [0, 0.1) is 13.8 Å². The number of hydrogen-bond donors (Lipinski definition) is 1. The molecular formula is C27H26N2O5. The first-order valence-electron chi connectivity index (χ1n) is 10.6. The third-order valence-corrected chi connectivity index (χ3v) is 4.88. The van der Waals surface area contributed by atoms with Crippen LogP contribution in [0.25, 0.3) is 6.08 Å². The molecule has 0 heterocycles. The maximum atomic E-state index is 12.0. The van der Waals surface area contributed by atoms with Crippen molar-refractivity contribution in [2.45, 2.75) is 13.8 Å². The predicted molar refractivity (Wildman–Crippen MR) is 131 cm³/mol. The van der Waals surface area contributed by atoms with Gasteiger partial charge in [0.05, 0.1) is 13.3 Å². The van der Waals surface area contributed by atoms with Crippen LogP contribution in [0.1, 0.15) is 22.3 Å². The molecule has 0 aliphatic heterocycles. The zero-order valence-electron chi connectivity index (χ0n) is 19.3. The number of esters is 1. The van der Waals surface area contributed by atoms with Crippen molar-refractivity contribution in [2.75, 3.05) is 13.7 Å². The first kappa shape index (κ1) is 24.3. The van der Waals surface area contributed by atoms with Gasteiger partial charge in [0.2, 0.25) is 0 Å². The number of ether oxygens (including phenoxy) is 3. The van der Waals surface area contributed by atoms with Crippen LogP contribution in [0.5, 0.6) is 17.2 Å². The molecule has 174 valence electrons. The average Bonchev–Trinajstić information content (AvgIpc) is 2.85. The van der Waals surface area contributed by atoms with Gasteiger partial charge in [0.1, 0.15) is 17.2 Å². The highest BCUT2D eigenvalue weighted by Crippen LogP contribution is 2.16. The molecule has 3 aromatic rings. The SMILES string of the molecule is COc1ccc(/C=C/C(=O)Oc2ccc(/C=N/NC(=O)COc3ccc(C)c(C)c3)cc2)cc1. The molecule has 0 bridgehead atoms. The van der Waals surface area contributed by atoms with E-state index in [9.17, 15) is 9.59 Å². The monoisotopic (exact) mass is 458 g/mol. The Balaban J connectivity index is 1.43. The van der Waals surface area contributed by atoms with Crippen LogP contribution in [0.3, 0.4) is 0 Å². The molecule has 3 rings (SSSR count). The van der Waals surface area contributed by atoms with Gasteiger partial charge in [0.15, 0.2) is 6.61 Å². The molecule has 1 amide bonds. The summed E-state index contributed by atoms with van der Waals surface area (Å²) in [5.41, 5.74) is 6.25. The van der Waals surface area contributed by atoms with Gasteiger partial charge in [0.25, 0.3) is 5.91 Å². The Morgan fingerprint density at radius 1 is 0.853 bits per heavy atom. The third kappa shape index (κ3) is 7.63. The number of hydrogen-bond acceptors (Lipinski definition) is 6. The van der Waals surface area contributed by atoms with Crippen molar-refractivity contribution in [3.63, 3.8) is 0 Å². The van der Waals surface area contributed by atoms with Crippen LogP contribution >= 0.6 is 0 Å². The van der Waals surface area contributed by atoms with Crippen LogP contribution in [-0.4, -0.2) is 31.8 Å². The number of rotatable bonds is 9. The summed E-state index contributed by atoms with van der Waals surface area (Å²) >= 11 is 0. The van der Waals surface area contributed by atoms with E-state index in [1.165, 1.54) is 12.3 Å². The van der Waals surface area contributed by atoms with Crippen molar-refractivity contribution in [3.05, 3.63) is 95.1 Å². The van der Waals surface area contributed by atoms with Crippen molar-refractivity contribution in [3.8, 4) is 17.2 Å². The van der Waals surface area contributed by atoms with Crippen molar-refractivity contribution < 1.29 is 23.8 Å². The molecule has 7 nitrogen and oxygen atoms in total. The van der Waals surface area contributed by atoms with E-state index in [1.54, 1.807) is 37.5 Å². The number of nitrogens with one attached hydrogen (secondary N) is 1. The van der Waals surface area contributed by atoms with Gasteiger partial charge in [-0.1, -0.05) is 18.2 Å². The summed E-state index contributed by atoms with van der Waals surface area (Å²) in [5, 5.41) is 3.92. The molecule has 7 heteroatoms. The number of hydrazone groups is 1. The Hall–Kier alpha value is -4.39. The zero-order valence-corrected chi connectivity index (χ0v) is 19.3. The van der Waals surface area contributed by atoms with Gasteiger partial charge < -0.3 is 14.2 Å². The van der Waals surface area contributed by atoms with E-state index in [0.29, 0.717) is 11.5 Å². The van der Waals surface area contributed by atoms with E-state index in [0.717, 1.165) is 28.0 Å². The topological polar surface area (TPSA) is 86.2 Å². The van der Waals surface area contributed by atoms with Crippen molar-refractivity contribution >= 4 is 24.2 Å². The summed E-state index contributed by atoms with van der Waals surface area (Å²) in [6.07, 6.45) is 4.50. The average molecular weight is 459 g/mol. The Kier molecular flexibility index (Phi) is 8.57. The Morgan fingerprint density at radius 3 is 2.18 bits per heavy atom. The van der Waals surface area contributed by atoms with E-state index in [4.69, 9.17) is 14.2 Å². The van der Waals surface area contributed by atoms with Crippen LogP contribution in [0.2, 0.25) is 0 Å².